The molecule has 1 atom stereocenters. The van der Waals surface area contributed by atoms with Gasteiger partial charge in [0.2, 0.25) is 5.95 Å². The second kappa shape index (κ2) is 7.46. The zero-order valence-electron chi connectivity index (χ0n) is 14.5. The van der Waals surface area contributed by atoms with Gasteiger partial charge in [0.25, 0.3) is 5.56 Å². The smallest absolute Gasteiger partial charge is 0.255 e. The van der Waals surface area contributed by atoms with Crippen LogP contribution in [0.1, 0.15) is 18.1 Å². The van der Waals surface area contributed by atoms with Crippen molar-refractivity contribution in [3.8, 4) is 11.4 Å². The normalized spacial score (nSPS) is 14.7. The highest BCUT2D eigenvalue weighted by molar-refractivity contribution is 6.30. The van der Waals surface area contributed by atoms with E-state index in [2.05, 4.69) is 15.0 Å². The Bertz CT molecular complexity index is 1010. The molecule has 8 heteroatoms. The number of fused-ring (bicyclic) bond motifs is 1. The highest BCUT2D eigenvalue weighted by Gasteiger charge is 2.23. The number of aliphatic hydroxyl groups excluding tert-OH is 1. The van der Waals surface area contributed by atoms with Crippen molar-refractivity contribution in [3.63, 3.8) is 0 Å². The molecule has 1 aromatic carbocycles. The first-order chi connectivity index (χ1) is 13.1. The first-order valence-electron chi connectivity index (χ1n) is 8.68. The van der Waals surface area contributed by atoms with E-state index in [1.807, 2.05) is 11.0 Å². The number of hydrogen-bond acceptors (Lipinski definition) is 6. The molecule has 0 aliphatic carbocycles. The summed E-state index contributed by atoms with van der Waals surface area (Å²) >= 11 is 6.03. The van der Waals surface area contributed by atoms with Crippen LogP contribution in [0, 0.1) is 0 Å². The van der Waals surface area contributed by atoms with Crippen LogP contribution >= 0.6 is 11.6 Å². The number of β-amino-alcohol motifs (C(OH)–C–C–N with tert-alkyl or cyclic N) is 1. The van der Waals surface area contributed by atoms with Crippen molar-refractivity contribution in [2.24, 2.45) is 0 Å². The Morgan fingerprint density at radius 1 is 1.19 bits per heavy atom. The third-order valence-corrected chi connectivity index (χ3v) is 4.79. The standard InChI is InChI=1S/C19H18ClN5O2/c20-14-4-1-3-13(9-14)17(26)11-24-7-2-8-25-18(27)10-16(23-19(24)25)15-5-6-21-12-22-15/h1,3-6,9-10,12,17,26H,2,7-8,11H2. The third kappa shape index (κ3) is 3.70. The van der Waals surface area contributed by atoms with Crippen LogP contribution in [0.3, 0.4) is 0 Å². The van der Waals surface area contributed by atoms with Crippen LogP contribution < -0.4 is 10.5 Å². The van der Waals surface area contributed by atoms with Crippen LogP contribution in [0.2, 0.25) is 5.02 Å². The molecule has 0 radical (unpaired) electrons. The summed E-state index contributed by atoms with van der Waals surface area (Å²) in [7, 11) is 0. The lowest BCUT2D eigenvalue weighted by molar-refractivity contribution is 0.181. The number of aromatic nitrogens is 4. The van der Waals surface area contributed by atoms with E-state index in [0.29, 0.717) is 42.0 Å². The summed E-state index contributed by atoms with van der Waals surface area (Å²) in [6.07, 6.45) is 3.11. The molecule has 138 valence electrons. The zero-order valence-corrected chi connectivity index (χ0v) is 15.3. The van der Waals surface area contributed by atoms with Crippen molar-refractivity contribution in [1.82, 2.24) is 19.5 Å². The Morgan fingerprint density at radius 2 is 2.07 bits per heavy atom. The van der Waals surface area contributed by atoms with E-state index >= 15 is 0 Å². The van der Waals surface area contributed by atoms with E-state index in [1.54, 1.807) is 35.0 Å². The maximum absolute atomic E-state index is 12.6. The zero-order chi connectivity index (χ0) is 18.8. The Kier molecular flexibility index (Phi) is 4.87. The fourth-order valence-corrected chi connectivity index (χ4v) is 3.44. The van der Waals surface area contributed by atoms with E-state index in [-0.39, 0.29) is 5.56 Å². The lowest BCUT2D eigenvalue weighted by Crippen LogP contribution is -2.40. The number of halogens is 1. The summed E-state index contributed by atoms with van der Waals surface area (Å²) in [5.74, 6) is 0.545. The number of nitrogens with zero attached hydrogens (tertiary/aromatic N) is 5. The van der Waals surface area contributed by atoms with Gasteiger partial charge < -0.3 is 10.0 Å². The fourth-order valence-electron chi connectivity index (χ4n) is 3.24. The van der Waals surface area contributed by atoms with Crippen molar-refractivity contribution in [3.05, 3.63) is 69.9 Å². The van der Waals surface area contributed by atoms with E-state index in [9.17, 15) is 9.90 Å². The minimum atomic E-state index is -0.741. The predicted octanol–water partition coefficient (Wildman–Crippen LogP) is 2.30. The number of hydrogen-bond donors (Lipinski definition) is 1. The molecule has 4 rings (SSSR count). The summed E-state index contributed by atoms with van der Waals surface area (Å²) in [5, 5.41) is 11.2. The molecule has 3 heterocycles. The highest BCUT2D eigenvalue weighted by Crippen LogP contribution is 2.24. The summed E-state index contributed by atoms with van der Waals surface area (Å²) in [4.78, 5) is 27.2. The second-order valence-corrected chi connectivity index (χ2v) is 6.83. The first kappa shape index (κ1) is 17.6. The van der Waals surface area contributed by atoms with Crippen LogP contribution in [-0.4, -0.2) is 37.7 Å². The minimum Gasteiger partial charge on any atom is -0.387 e. The molecule has 0 fully saturated rings. The largest absolute Gasteiger partial charge is 0.387 e. The van der Waals surface area contributed by atoms with Gasteiger partial charge in [-0.05, 0) is 30.2 Å². The molecular formula is C19H18ClN5O2. The maximum atomic E-state index is 12.6. The quantitative estimate of drug-likeness (QED) is 0.744. The summed E-state index contributed by atoms with van der Waals surface area (Å²) in [6.45, 7) is 1.63. The van der Waals surface area contributed by atoms with Gasteiger partial charge >= 0.3 is 0 Å². The molecule has 7 nitrogen and oxygen atoms in total. The van der Waals surface area contributed by atoms with Gasteiger partial charge in [-0.25, -0.2) is 15.0 Å². The molecule has 0 amide bonds. The lowest BCUT2D eigenvalue weighted by atomic mass is 10.1. The maximum Gasteiger partial charge on any atom is 0.255 e. The molecule has 0 bridgehead atoms. The Balaban J connectivity index is 1.68. The Labute approximate surface area is 160 Å². The van der Waals surface area contributed by atoms with Crippen LogP contribution in [0.15, 0.2) is 53.7 Å². The average Bonchev–Trinajstić information content (AvgIpc) is 2.69. The molecule has 2 aromatic heterocycles. The van der Waals surface area contributed by atoms with Crippen molar-refractivity contribution in [1.29, 1.82) is 0 Å². The minimum absolute atomic E-state index is 0.129. The van der Waals surface area contributed by atoms with Gasteiger partial charge in [-0.1, -0.05) is 23.7 Å². The number of rotatable bonds is 4. The Hall–Kier alpha value is -2.77. The fraction of sp³-hybridized carbons (Fsp3) is 0.263. The number of anilines is 1. The van der Waals surface area contributed by atoms with Crippen molar-refractivity contribution >= 4 is 17.5 Å². The number of benzene rings is 1. The molecule has 0 spiro atoms. The number of aliphatic hydroxyl groups is 1. The molecular weight excluding hydrogens is 366 g/mol. The Morgan fingerprint density at radius 3 is 2.85 bits per heavy atom. The van der Waals surface area contributed by atoms with E-state index in [1.165, 1.54) is 12.4 Å². The first-order valence-corrected chi connectivity index (χ1v) is 9.06. The molecule has 0 saturated heterocycles. The summed E-state index contributed by atoms with van der Waals surface area (Å²) in [6, 6.07) is 10.4. The van der Waals surface area contributed by atoms with E-state index in [0.717, 1.165) is 12.0 Å². The van der Waals surface area contributed by atoms with Gasteiger partial charge in [-0.15, -0.1) is 0 Å². The van der Waals surface area contributed by atoms with Gasteiger partial charge in [0.15, 0.2) is 0 Å². The van der Waals surface area contributed by atoms with Crippen molar-refractivity contribution in [2.45, 2.75) is 19.1 Å². The third-order valence-electron chi connectivity index (χ3n) is 4.55. The van der Waals surface area contributed by atoms with Crippen LogP contribution in [0.5, 0.6) is 0 Å². The SMILES string of the molecule is O=c1cc(-c2ccncn2)nc2n1CCCN2CC(O)c1cccc(Cl)c1. The predicted molar refractivity (Wildman–Crippen MR) is 103 cm³/mol. The summed E-state index contributed by atoms with van der Waals surface area (Å²) in [5.41, 5.74) is 1.69. The van der Waals surface area contributed by atoms with Crippen LogP contribution in [-0.2, 0) is 6.54 Å². The van der Waals surface area contributed by atoms with E-state index in [4.69, 9.17) is 11.6 Å². The van der Waals surface area contributed by atoms with Gasteiger partial charge in [-0.2, -0.15) is 0 Å². The summed E-state index contributed by atoms with van der Waals surface area (Å²) < 4.78 is 1.64. The molecule has 1 N–H and O–H groups in total. The van der Waals surface area contributed by atoms with E-state index < -0.39 is 6.10 Å². The highest BCUT2D eigenvalue weighted by atomic mass is 35.5. The molecule has 1 aliphatic heterocycles. The van der Waals surface area contributed by atoms with Gasteiger partial charge in [0.05, 0.1) is 24.0 Å². The van der Waals surface area contributed by atoms with Crippen LogP contribution in [0.25, 0.3) is 11.4 Å². The average molecular weight is 384 g/mol. The molecule has 0 saturated carbocycles. The molecule has 27 heavy (non-hydrogen) atoms. The van der Waals surface area contributed by atoms with Crippen molar-refractivity contribution in [2.75, 3.05) is 18.0 Å². The van der Waals surface area contributed by atoms with Gasteiger partial charge in [0, 0.05) is 30.4 Å². The lowest BCUT2D eigenvalue weighted by Gasteiger charge is -2.32. The molecule has 3 aromatic rings. The topological polar surface area (TPSA) is 84.1 Å². The second-order valence-electron chi connectivity index (χ2n) is 6.40. The monoisotopic (exact) mass is 383 g/mol. The van der Waals surface area contributed by atoms with Crippen LogP contribution in [0.4, 0.5) is 5.95 Å². The van der Waals surface area contributed by atoms with Crippen molar-refractivity contribution < 1.29 is 5.11 Å². The van der Waals surface area contributed by atoms with Gasteiger partial charge in [0.1, 0.15) is 6.33 Å². The molecule has 1 unspecified atom stereocenters. The molecule has 1 aliphatic rings. The van der Waals surface area contributed by atoms with Gasteiger partial charge in [-0.3, -0.25) is 9.36 Å².